The van der Waals surface area contributed by atoms with Crippen molar-refractivity contribution in [2.75, 3.05) is 31.0 Å². The van der Waals surface area contributed by atoms with Gasteiger partial charge in [-0.3, -0.25) is 4.79 Å². The topological polar surface area (TPSA) is 57.7 Å². The van der Waals surface area contributed by atoms with Crippen LogP contribution in [0.4, 0.5) is 21.6 Å². The molecule has 1 aliphatic heterocycles. The lowest BCUT2D eigenvalue weighted by Crippen LogP contribution is -2.45. The number of hydrogen-bond acceptors (Lipinski definition) is 5. The van der Waals surface area contributed by atoms with Gasteiger partial charge in [0.1, 0.15) is 17.8 Å². The largest absolute Gasteiger partial charge is 0.380 e. The van der Waals surface area contributed by atoms with Gasteiger partial charge in [0.15, 0.2) is 0 Å². The molecule has 0 aliphatic carbocycles. The molecular weight excluding hydrogens is 395 g/mol. The van der Waals surface area contributed by atoms with Crippen molar-refractivity contribution in [2.45, 2.75) is 19.7 Å². The summed E-state index contributed by atoms with van der Waals surface area (Å²) in [5.74, 6) is -0.00660. The van der Waals surface area contributed by atoms with E-state index in [-0.39, 0.29) is 11.7 Å². The zero-order valence-electron chi connectivity index (χ0n) is 18.0. The second kappa shape index (κ2) is 8.35. The first-order valence-electron chi connectivity index (χ1n) is 10.0. The quantitative estimate of drug-likeness (QED) is 0.666. The highest BCUT2D eigenvalue weighted by Gasteiger charge is 2.36. The van der Waals surface area contributed by atoms with E-state index in [4.69, 9.17) is 9.72 Å². The standard InChI is InChI=1S/C24H25FN4O2/c1-15-13-17(14-31-4)21-23(26-15)29(20-11-7-18(25)8-12-20)22(27-24(21)30)16-5-9-19(10-6-16)28(2)3/h5-13,22H,14H2,1-4H3,(H,27,30). The van der Waals surface area contributed by atoms with Crippen molar-refractivity contribution >= 4 is 23.1 Å². The highest BCUT2D eigenvalue weighted by Crippen LogP contribution is 2.40. The Morgan fingerprint density at radius 1 is 1.13 bits per heavy atom. The number of amides is 1. The normalized spacial score (nSPS) is 15.5. The number of benzene rings is 2. The molecule has 0 bridgehead atoms. The molecular formula is C24H25FN4O2. The van der Waals surface area contributed by atoms with Crippen molar-refractivity contribution in [3.63, 3.8) is 0 Å². The smallest absolute Gasteiger partial charge is 0.257 e. The summed E-state index contributed by atoms with van der Waals surface area (Å²) < 4.78 is 19.0. The lowest BCUT2D eigenvalue weighted by atomic mass is 10.0. The van der Waals surface area contributed by atoms with Crippen molar-refractivity contribution in [1.29, 1.82) is 0 Å². The van der Waals surface area contributed by atoms with Crippen LogP contribution in [-0.2, 0) is 11.3 Å². The first kappa shape index (κ1) is 20.8. The Morgan fingerprint density at radius 2 is 1.81 bits per heavy atom. The molecule has 6 nitrogen and oxygen atoms in total. The van der Waals surface area contributed by atoms with Gasteiger partial charge in [0.05, 0.1) is 12.2 Å². The van der Waals surface area contributed by atoms with Gasteiger partial charge >= 0.3 is 0 Å². The number of halogens is 1. The number of aryl methyl sites for hydroxylation is 1. The van der Waals surface area contributed by atoms with Crippen molar-refractivity contribution in [1.82, 2.24) is 10.3 Å². The third-order valence-electron chi connectivity index (χ3n) is 5.32. The van der Waals surface area contributed by atoms with Gasteiger partial charge < -0.3 is 19.9 Å². The maximum atomic E-state index is 13.7. The number of carbonyl (C=O) groups is 1. The molecule has 0 saturated carbocycles. The van der Waals surface area contributed by atoms with Gasteiger partial charge in [-0.1, -0.05) is 12.1 Å². The summed E-state index contributed by atoms with van der Waals surface area (Å²) in [7, 11) is 5.54. The molecule has 1 unspecified atom stereocenters. The van der Waals surface area contributed by atoms with Crippen LogP contribution in [0.2, 0.25) is 0 Å². The predicted molar refractivity (Wildman–Crippen MR) is 119 cm³/mol. The summed E-state index contributed by atoms with van der Waals surface area (Å²) in [5, 5.41) is 3.10. The minimum Gasteiger partial charge on any atom is -0.380 e. The molecule has 1 atom stereocenters. The summed E-state index contributed by atoms with van der Waals surface area (Å²) in [4.78, 5) is 21.8. The monoisotopic (exact) mass is 420 g/mol. The number of nitrogens with zero attached hydrogens (tertiary/aromatic N) is 3. The Morgan fingerprint density at radius 3 is 2.42 bits per heavy atom. The van der Waals surface area contributed by atoms with Gasteiger partial charge in [0.25, 0.3) is 5.91 Å². The van der Waals surface area contributed by atoms with Gasteiger partial charge in [-0.15, -0.1) is 0 Å². The van der Waals surface area contributed by atoms with Crippen LogP contribution in [0.25, 0.3) is 0 Å². The summed E-state index contributed by atoms with van der Waals surface area (Å²) >= 11 is 0. The molecule has 1 N–H and O–H groups in total. The Bertz CT molecular complexity index is 1100. The zero-order chi connectivity index (χ0) is 22.1. The van der Waals surface area contributed by atoms with E-state index in [1.165, 1.54) is 12.1 Å². The first-order valence-corrected chi connectivity index (χ1v) is 10.0. The van der Waals surface area contributed by atoms with Gasteiger partial charge in [0.2, 0.25) is 0 Å². The average Bonchev–Trinajstić information content (AvgIpc) is 2.74. The van der Waals surface area contributed by atoms with Gasteiger partial charge in [-0.25, -0.2) is 9.37 Å². The lowest BCUT2D eigenvalue weighted by molar-refractivity contribution is 0.0923. The van der Waals surface area contributed by atoms with E-state index in [0.717, 1.165) is 28.2 Å². The summed E-state index contributed by atoms with van der Waals surface area (Å²) in [6.45, 7) is 2.17. The fourth-order valence-corrected chi connectivity index (χ4v) is 3.86. The molecule has 1 aliphatic rings. The van der Waals surface area contributed by atoms with Crippen LogP contribution in [0.5, 0.6) is 0 Å². The number of pyridine rings is 1. The fraction of sp³-hybridized carbons (Fsp3) is 0.250. The first-order chi connectivity index (χ1) is 14.9. The average molecular weight is 420 g/mol. The second-order valence-electron chi connectivity index (χ2n) is 7.76. The van der Waals surface area contributed by atoms with E-state index in [9.17, 15) is 9.18 Å². The minimum atomic E-state index is -0.494. The van der Waals surface area contributed by atoms with Crippen molar-refractivity contribution in [3.05, 3.63) is 82.8 Å². The third-order valence-corrected chi connectivity index (χ3v) is 5.32. The van der Waals surface area contributed by atoms with Crippen LogP contribution >= 0.6 is 0 Å². The highest BCUT2D eigenvalue weighted by atomic mass is 19.1. The second-order valence-corrected chi connectivity index (χ2v) is 7.76. The maximum Gasteiger partial charge on any atom is 0.257 e. The van der Waals surface area contributed by atoms with Gasteiger partial charge in [-0.2, -0.15) is 0 Å². The summed E-state index contributed by atoms with van der Waals surface area (Å²) in [6.07, 6.45) is -0.494. The maximum absolute atomic E-state index is 13.7. The number of hydrogen-bond donors (Lipinski definition) is 1. The molecule has 160 valence electrons. The molecule has 0 fully saturated rings. The van der Waals surface area contributed by atoms with E-state index in [1.807, 2.05) is 61.2 Å². The molecule has 7 heteroatoms. The number of methoxy groups -OCH3 is 1. The molecule has 1 amide bonds. The SMILES string of the molecule is COCc1cc(C)nc2c1C(=O)NC(c1ccc(N(C)C)cc1)N2c1ccc(F)cc1. The Kier molecular flexibility index (Phi) is 5.61. The zero-order valence-corrected chi connectivity index (χ0v) is 18.0. The molecule has 0 radical (unpaired) electrons. The minimum absolute atomic E-state index is 0.213. The third kappa shape index (κ3) is 3.96. The van der Waals surface area contributed by atoms with E-state index in [1.54, 1.807) is 19.2 Å². The molecule has 4 rings (SSSR count). The van der Waals surface area contributed by atoms with E-state index < -0.39 is 6.17 Å². The number of aromatic nitrogens is 1. The molecule has 2 heterocycles. The molecule has 0 saturated heterocycles. The van der Waals surface area contributed by atoms with Crippen LogP contribution < -0.4 is 15.1 Å². The molecule has 3 aromatic rings. The van der Waals surface area contributed by atoms with Crippen molar-refractivity contribution in [2.24, 2.45) is 0 Å². The number of rotatable bonds is 5. The number of anilines is 3. The molecule has 31 heavy (non-hydrogen) atoms. The summed E-state index contributed by atoms with van der Waals surface area (Å²) in [5.41, 5.74) is 4.68. The van der Waals surface area contributed by atoms with Crippen molar-refractivity contribution in [3.8, 4) is 0 Å². The van der Waals surface area contributed by atoms with Crippen molar-refractivity contribution < 1.29 is 13.9 Å². The highest BCUT2D eigenvalue weighted by molar-refractivity contribution is 6.03. The van der Waals surface area contributed by atoms with Crippen LogP contribution in [0.3, 0.4) is 0 Å². The molecule has 2 aromatic carbocycles. The Balaban J connectivity index is 1.90. The lowest BCUT2D eigenvalue weighted by Gasteiger charge is -2.39. The molecule has 1 aromatic heterocycles. The Hall–Kier alpha value is -3.45. The van der Waals surface area contributed by atoms with E-state index in [2.05, 4.69) is 5.32 Å². The number of ether oxygens (including phenoxy) is 1. The van der Waals surface area contributed by atoms with Crippen LogP contribution in [0, 0.1) is 12.7 Å². The van der Waals surface area contributed by atoms with E-state index >= 15 is 0 Å². The van der Waals surface area contributed by atoms with Gasteiger partial charge in [0, 0.05) is 38.3 Å². The van der Waals surface area contributed by atoms with Gasteiger partial charge in [-0.05, 0) is 60.5 Å². The van der Waals surface area contributed by atoms with Crippen LogP contribution in [-0.4, -0.2) is 32.1 Å². The fourth-order valence-electron chi connectivity index (χ4n) is 3.86. The molecule has 0 spiro atoms. The number of nitrogens with one attached hydrogen (secondary N) is 1. The van der Waals surface area contributed by atoms with Crippen LogP contribution in [0.1, 0.15) is 33.3 Å². The Labute approximate surface area is 181 Å². The van der Waals surface area contributed by atoms with Crippen LogP contribution in [0.15, 0.2) is 54.6 Å². The number of fused-ring (bicyclic) bond motifs is 1. The van der Waals surface area contributed by atoms with E-state index in [0.29, 0.717) is 18.0 Å². The summed E-state index contributed by atoms with van der Waals surface area (Å²) in [6, 6.07) is 16.0. The number of carbonyl (C=O) groups excluding carboxylic acids is 1. The predicted octanol–water partition coefficient (Wildman–Crippen LogP) is 4.32.